The largest absolute Gasteiger partial charge is 0.382 e. The van der Waals surface area contributed by atoms with E-state index in [0.29, 0.717) is 26.4 Å². The van der Waals surface area contributed by atoms with E-state index in [1.807, 2.05) is 6.92 Å². The van der Waals surface area contributed by atoms with Gasteiger partial charge in [-0.15, -0.1) is 0 Å². The molecule has 4 heteroatoms. The van der Waals surface area contributed by atoms with E-state index < -0.39 is 0 Å². The van der Waals surface area contributed by atoms with E-state index in [1.54, 1.807) is 7.11 Å². The van der Waals surface area contributed by atoms with Crippen LogP contribution in [0.5, 0.6) is 0 Å². The minimum atomic E-state index is 0.0856. The summed E-state index contributed by atoms with van der Waals surface area (Å²) in [4.78, 5) is 0. The molecular formula is C9H21NO3. The maximum absolute atomic E-state index is 5.74. The van der Waals surface area contributed by atoms with Gasteiger partial charge in [0.2, 0.25) is 0 Å². The molecule has 13 heavy (non-hydrogen) atoms. The third kappa shape index (κ3) is 9.76. The first-order valence-electron chi connectivity index (χ1n) is 4.71. The number of ether oxygens (including phenoxy) is 3. The maximum Gasteiger partial charge on any atom is 0.0700 e. The van der Waals surface area contributed by atoms with Gasteiger partial charge in [-0.2, -0.15) is 0 Å². The summed E-state index contributed by atoms with van der Waals surface area (Å²) >= 11 is 0. The molecule has 0 heterocycles. The SMILES string of the molecule is CCOCC(N)CCOCCOC. The van der Waals surface area contributed by atoms with Crippen molar-refractivity contribution in [2.75, 3.05) is 40.1 Å². The fourth-order valence-corrected chi connectivity index (χ4v) is 0.832. The quantitative estimate of drug-likeness (QED) is 0.536. The molecular weight excluding hydrogens is 170 g/mol. The molecule has 0 spiro atoms. The highest BCUT2D eigenvalue weighted by molar-refractivity contribution is 4.58. The fraction of sp³-hybridized carbons (Fsp3) is 1.00. The van der Waals surface area contributed by atoms with Crippen molar-refractivity contribution in [3.63, 3.8) is 0 Å². The van der Waals surface area contributed by atoms with Gasteiger partial charge < -0.3 is 19.9 Å². The lowest BCUT2D eigenvalue weighted by molar-refractivity contribution is 0.0597. The zero-order chi connectivity index (χ0) is 9.94. The summed E-state index contributed by atoms with van der Waals surface area (Å²) in [7, 11) is 1.66. The zero-order valence-electron chi connectivity index (χ0n) is 8.62. The highest BCUT2D eigenvalue weighted by Crippen LogP contribution is 1.90. The van der Waals surface area contributed by atoms with Crippen molar-refractivity contribution in [1.29, 1.82) is 0 Å². The predicted octanol–water partition coefficient (Wildman–Crippen LogP) is 0.403. The Morgan fingerprint density at radius 3 is 2.54 bits per heavy atom. The topological polar surface area (TPSA) is 53.7 Å². The van der Waals surface area contributed by atoms with Crippen molar-refractivity contribution in [2.45, 2.75) is 19.4 Å². The average Bonchev–Trinajstić information content (AvgIpc) is 2.14. The van der Waals surface area contributed by atoms with Gasteiger partial charge in [-0.25, -0.2) is 0 Å². The van der Waals surface area contributed by atoms with Crippen molar-refractivity contribution in [3.05, 3.63) is 0 Å². The lowest BCUT2D eigenvalue weighted by Gasteiger charge is -2.11. The standard InChI is InChI=1S/C9H21NO3/c1-3-12-8-9(10)4-5-13-7-6-11-2/h9H,3-8,10H2,1-2H3. The molecule has 0 saturated carbocycles. The van der Waals surface area contributed by atoms with Crippen LogP contribution in [-0.4, -0.2) is 46.2 Å². The van der Waals surface area contributed by atoms with Crippen molar-refractivity contribution >= 4 is 0 Å². The Hall–Kier alpha value is -0.160. The van der Waals surface area contributed by atoms with Crippen LogP contribution in [0.4, 0.5) is 0 Å². The van der Waals surface area contributed by atoms with Gasteiger partial charge in [0.1, 0.15) is 0 Å². The average molecular weight is 191 g/mol. The number of hydrogen-bond acceptors (Lipinski definition) is 4. The Bertz CT molecular complexity index is 101. The van der Waals surface area contributed by atoms with E-state index in [0.717, 1.165) is 13.0 Å². The van der Waals surface area contributed by atoms with E-state index in [9.17, 15) is 0 Å². The number of methoxy groups -OCH3 is 1. The summed E-state index contributed by atoms with van der Waals surface area (Å²) in [5, 5.41) is 0. The summed E-state index contributed by atoms with van der Waals surface area (Å²) in [6.07, 6.45) is 0.837. The monoisotopic (exact) mass is 191 g/mol. The Morgan fingerprint density at radius 1 is 1.15 bits per heavy atom. The first-order valence-corrected chi connectivity index (χ1v) is 4.71. The molecule has 1 unspecified atom stereocenters. The van der Waals surface area contributed by atoms with E-state index in [4.69, 9.17) is 19.9 Å². The minimum absolute atomic E-state index is 0.0856. The second kappa shape index (κ2) is 9.92. The molecule has 0 fully saturated rings. The summed E-state index contributed by atoms with van der Waals surface area (Å²) in [5.41, 5.74) is 5.74. The van der Waals surface area contributed by atoms with Gasteiger partial charge in [-0.1, -0.05) is 0 Å². The molecule has 0 aliphatic heterocycles. The fourth-order valence-electron chi connectivity index (χ4n) is 0.832. The summed E-state index contributed by atoms with van der Waals surface area (Å²) in [5.74, 6) is 0. The van der Waals surface area contributed by atoms with E-state index in [1.165, 1.54) is 0 Å². The van der Waals surface area contributed by atoms with Crippen LogP contribution >= 0.6 is 0 Å². The van der Waals surface area contributed by atoms with Crippen molar-refractivity contribution in [2.24, 2.45) is 5.73 Å². The number of hydrogen-bond donors (Lipinski definition) is 1. The van der Waals surface area contributed by atoms with Gasteiger partial charge in [-0.05, 0) is 13.3 Å². The first kappa shape index (κ1) is 12.8. The Balaban J connectivity index is 3.03. The molecule has 0 saturated heterocycles. The Morgan fingerprint density at radius 2 is 1.92 bits per heavy atom. The summed E-state index contributed by atoms with van der Waals surface area (Å²) in [6, 6.07) is 0.0856. The smallest absolute Gasteiger partial charge is 0.0700 e. The van der Waals surface area contributed by atoms with Crippen LogP contribution in [0, 0.1) is 0 Å². The second-order valence-corrected chi connectivity index (χ2v) is 2.81. The lowest BCUT2D eigenvalue weighted by atomic mass is 10.2. The third-order valence-electron chi connectivity index (χ3n) is 1.60. The van der Waals surface area contributed by atoms with E-state index in [2.05, 4.69) is 0 Å². The molecule has 0 aliphatic rings. The second-order valence-electron chi connectivity index (χ2n) is 2.81. The molecule has 2 N–H and O–H groups in total. The van der Waals surface area contributed by atoms with Crippen LogP contribution < -0.4 is 5.73 Å². The molecule has 0 rings (SSSR count). The molecule has 0 bridgehead atoms. The van der Waals surface area contributed by atoms with Gasteiger partial charge in [0.15, 0.2) is 0 Å². The van der Waals surface area contributed by atoms with Crippen LogP contribution in [0.25, 0.3) is 0 Å². The molecule has 0 amide bonds. The van der Waals surface area contributed by atoms with Crippen molar-refractivity contribution in [1.82, 2.24) is 0 Å². The van der Waals surface area contributed by atoms with E-state index >= 15 is 0 Å². The highest BCUT2D eigenvalue weighted by Gasteiger charge is 2.01. The Kier molecular flexibility index (Phi) is 9.80. The van der Waals surface area contributed by atoms with Crippen molar-refractivity contribution in [3.8, 4) is 0 Å². The predicted molar refractivity (Wildman–Crippen MR) is 51.8 cm³/mol. The zero-order valence-corrected chi connectivity index (χ0v) is 8.62. The molecule has 0 aromatic carbocycles. The lowest BCUT2D eigenvalue weighted by Crippen LogP contribution is -2.28. The van der Waals surface area contributed by atoms with Crippen molar-refractivity contribution < 1.29 is 14.2 Å². The van der Waals surface area contributed by atoms with Crippen LogP contribution in [0.1, 0.15) is 13.3 Å². The minimum Gasteiger partial charge on any atom is -0.382 e. The van der Waals surface area contributed by atoms with Gasteiger partial charge >= 0.3 is 0 Å². The molecule has 0 aliphatic carbocycles. The summed E-state index contributed by atoms with van der Waals surface area (Å²) < 4.78 is 15.3. The van der Waals surface area contributed by atoms with Crippen LogP contribution in [0.2, 0.25) is 0 Å². The molecule has 1 atom stereocenters. The first-order chi connectivity index (χ1) is 6.31. The van der Waals surface area contributed by atoms with Gasteiger partial charge in [0, 0.05) is 26.4 Å². The molecule has 0 aromatic heterocycles. The van der Waals surface area contributed by atoms with Crippen LogP contribution in [0.3, 0.4) is 0 Å². The summed E-state index contributed by atoms with van der Waals surface area (Å²) in [6.45, 7) is 5.25. The number of nitrogens with two attached hydrogens (primary N) is 1. The molecule has 4 nitrogen and oxygen atoms in total. The maximum atomic E-state index is 5.74. The molecule has 80 valence electrons. The molecule has 0 radical (unpaired) electrons. The highest BCUT2D eigenvalue weighted by atomic mass is 16.5. The third-order valence-corrected chi connectivity index (χ3v) is 1.60. The van der Waals surface area contributed by atoms with Gasteiger partial charge in [-0.3, -0.25) is 0 Å². The van der Waals surface area contributed by atoms with Gasteiger partial charge in [0.05, 0.1) is 19.8 Å². The molecule has 0 aromatic rings. The van der Waals surface area contributed by atoms with Crippen LogP contribution in [-0.2, 0) is 14.2 Å². The number of rotatable bonds is 9. The normalized spacial score (nSPS) is 13.2. The van der Waals surface area contributed by atoms with Gasteiger partial charge in [0.25, 0.3) is 0 Å². The van der Waals surface area contributed by atoms with Crippen LogP contribution in [0.15, 0.2) is 0 Å². The van der Waals surface area contributed by atoms with E-state index in [-0.39, 0.29) is 6.04 Å². The Labute approximate surface area is 80.3 Å².